The molecule has 0 spiro atoms. The summed E-state index contributed by atoms with van der Waals surface area (Å²) >= 11 is 0. The van der Waals surface area contributed by atoms with E-state index in [1.54, 1.807) is 0 Å². The highest BCUT2D eigenvalue weighted by atomic mass is 16.5. The highest BCUT2D eigenvalue weighted by Crippen LogP contribution is 2.29. The van der Waals surface area contributed by atoms with Gasteiger partial charge in [0.05, 0.1) is 5.54 Å². The summed E-state index contributed by atoms with van der Waals surface area (Å²) in [6.07, 6.45) is 1.18. The van der Waals surface area contributed by atoms with Crippen molar-refractivity contribution in [1.29, 1.82) is 0 Å². The van der Waals surface area contributed by atoms with Crippen LogP contribution in [0.25, 0.3) is 0 Å². The van der Waals surface area contributed by atoms with Crippen LogP contribution in [0.5, 0.6) is 0 Å². The van der Waals surface area contributed by atoms with Gasteiger partial charge in [-0.1, -0.05) is 30.3 Å². The van der Waals surface area contributed by atoms with Gasteiger partial charge in [-0.3, -0.25) is 4.79 Å². The minimum Gasteiger partial charge on any atom is -0.381 e. The summed E-state index contributed by atoms with van der Waals surface area (Å²) in [7, 11) is 0. The Hall–Kier alpha value is -1.43. The molecule has 5 heteroatoms. The minimum absolute atomic E-state index is 0.0275. The van der Waals surface area contributed by atoms with Crippen LogP contribution in [0.4, 0.5) is 0 Å². The maximum atomic E-state index is 12.7. The van der Waals surface area contributed by atoms with Gasteiger partial charge in [0.15, 0.2) is 0 Å². The van der Waals surface area contributed by atoms with Crippen molar-refractivity contribution < 1.29 is 9.53 Å². The molecular formula is C16H23N3O2. The third-order valence-corrected chi connectivity index (χ3v) is 4.69. The number of nitrogens with zero attached hydrogens (tertiary/aromatic N) is 1. The molecule has 5 nitrogen and oxygen atoms in total. The second-order valence-corrected chi connectivity index (χ2v) is 6.16. The van der Waals surface area contributed by atoms with E-state index in [0.717, 1.165) is 0 Å². The zero-order chi connectivity index (χ0) is 14.9. The van der Waals surface area contributed by atoms with Gasteiger partial charge in [0, 0.05) is 38.3 Å². The normalized spacial score (nSPS) is 28.6. The molecule has 21 heavy (non-hydrogen) atoms. The molecule has 0 bridgehead atoms. The maximum absolute atomic E-state index is 12.7. The SMILES string of the molecule is N[C@@H]1CN(C(=O)C2(N)CCOCC2)C[C@H]1c1ccccc1. The molecule has 0 aliphatic carbocycles. The van der Waals surface area contributed by atoms with Crippen LogP contribution in [-0.2, 0) is 9.53 Å². The van der Waals surface area contributed by atoms with Crippen molar-refractivity contribution in [3.63, 3.8) is 0 Å². The fraction of sp³-hybridized carbons (Fsp3) is 0.562. The number of ether oxygens (including phenoxy) is 1. The number of hydrogen-bond acceptors (Lipinski definition) is 4. The quantitative estimate of drug-likeness (QED) is 0.828. The number of rotatable bonds is 2. The molecule has 2 heterocycles. The van der Waals surface area contributed by atoms with Gasteiger partial charge in [0.2, 0.25) is 5.91 Å². The number of carbonyl (C=O) groups is 1. The molecular weight excluding hydrogens is 266 g/mol. The van der Waals surface area contributed by atoms with Crippen LogP contribution < -0.4 is 11.5 Å². The van der Waals surface area contributed by atoms with Crippen LogP contribution in [0, 0.1) is 0 Å². The molecule has 1 amide bonds. The number of hydrogen-bond donors (Lipinski definition) is 2. The molecule has 2 fully saturated rings. The lowest BCUT2D eigenvalue weighted by atomic mass is 9.89. The first-order valence-corrected chi connectivity index (χ1v) is 7.57. The third-order valence-electron chi connectivity index (χ3n) is 4.69. The van der Waals surface area contributed by atoms with Crippen LogP contribution in [0.1, 0.15) is 24.3 Å². The smallest absolute Gasteiger partial charge is 0.242 e. The van der Waals surface area contributed by atoms with Gasteiger partial charge in [0.25, 0.3) is 0 Å². The molecule has 2 aliphatic heterocycles. The first kappa shape index (κ1) is 14.5. The summed E-state index contributed by atoms with van der Waals surface area (Å²) in [5, 5.41) is 0. The summed E-state index contributed by atoms with van der Waals surface area (Å²) in [5.41, 5.74) is 13.0. The second-order valence-electron chi connectivity index (χ2n) is 6.16. The van der Waals surface area contributed by atoms with E-state index >= 15 is 0 Å². The first-order valence-electron chi connectivity index (χ1n) is 7.57. The van der Waals surface area contributed by atoms with E-state index in [2.05, 4.69) is 12.1 Å². The molecule has 2 aliphatic rings. The molecule has 0 radical (unpaired) electrons. The average Bonchev–Trinajstić information content (AvgIpc) is 2.90. The van der Waals surface area contributed by atoms with E-state index in [9.17, 15) is 4.79 Å². The fourth-order valence-electron chi connectivity index (χ4n) is 3.31. The largest absolute Gasteiger partial charge is 0.381 e. The Morgan fingerprint density at radius 1 is 1.19 bits per heavy atom. The summed E-state index contributed by atoms with van der Waals surface area (Å²) in [6, 6.07) is 10.1. The predicted octanol–water partition coefficient (Wildman–Crippen LogP) is 0.448. The third kappa shape index (κ3) is 2.81. The summed E-state index contributed by atoms with van der Waals surface area (Å²) in [5.74, 6) is 0.221. The molecule has 1 aromatic rings. The fourth-order valence-corrected chi connectivity index (χ4v) is 3.31. The van der Waals surface area contributed by atoms with Crippen LogP contribution in [-0.4, -0.2) is 48.7 Å². The monoisotopic (exact) mass is 289 g/mol. The Bertz CT molecular complexity index is 500. The number of amides is 1. The van der Waals surface area contributed by atoms with E-state index < -0.39 is 5.54 Å². The maximum Gasteiger partial charge on any atom is 0.242 e. The molecule has 1 aromatic carbocycles. The molecule has 3 rings (SSSR count). The lowest BCUT2D eigenvalue weighted by molar-refractivity contribution is -0.139. The van der Waals surface area contributed by atoms with Gasteiger partial charge >= 0.3 is 0 Å². The van der Waals surface area contributed by atoms with Crippen molar-refractivity contribution in [1.82, 2.24) is 4.90 Å². The first-order chi connectivity index (χ1) is 10.1. The Balaban J connectivity index is 1.72. The van der Waals surface area contributed by atoms with Crippen molar-refractivity contribution in [3.8, 4) is 0 Å². The Kier molecular flexibility index (Phi) is 3.97. The Labute approximate surface area is 125 Å². The summed E-state index contributed by atoms with van der Waals surface area (Å²) in [6.45, 7) is 2.36. The number of carbonyl (C=O) groups excluding carboxylic acids is 1. The standard InChI is InChI=1S/C16H23N3O2/c17-14-11-19(10-13(14)12-4-2-1-3-5-12)15(20)16(18)6-8-21-9-7-16/h1-5,13-14H,6-11,17-18H2/t13-,14+/m0/s1. The van der Waals surface area contributed by atoms with Crippen LogP contribution in [0.2, 0.25) is 0 Å². The second kappa shape index (κ2) is 5.75. The predicted molar refractivity (Wildman–Crippen MR) is 80.7 cm³/mol. The van der Waals surface area contributed by atoms with Gasteiger partial charge in [-0.05, 0) is 18.4 Å². The minimum atomic E-state index is -0.774. The molecule has 0 saturated carbocycles. The lowest BCUT2D eigenvalue weighted by Gasteiger charge is -2.35. The zero-order valence-electron chi connectivity index (χ0n) is 12.2. The van der Waals surface area contributed by atoms with E-state index in [-0.39, 0.29) is 17.9 Å². The molecule has 4 N–H and O–H groups in total. The van der Waals surface area contributed by atoms with E-state index in [1.807, 2.05) is 23.1 Å². The van der Waals surface area contributed by atoms with Crippen LogP contribution in [0.3, 0.4) is 0 Å². The number of nitrogens with two attached hydrogens (primary N) is 2. The van der Waals surface area contributed by atoms with Gasteiger partial charge in [0.1, 0.15) is 0 Å². The molecule has 0 unspecified atom stereocenters. The lowest BCUT2D eigenvalue weighted by Crippen LogP contribution is -2.57. The molecule has 114 valence electrons. The highest BCUT2D eigenvalue weighted by Gasteiger charge is 2.43. The Morgan fingerprint density at radius 2 is 1.86 bits per heavy atom. The van der Waals surface area contributed by atoms with E-state index in [0.29, 0.717) is 39.1 Å². The average molecular weight is 289 g/mol. The van der Waals surface area contributed by atoms with Crippen molar-refractivity contribution in [2.45, 2.75) is 30.3 Å². The molecule has 2 saturated heterocycles. The summed E-state index contributed by atoms with van der Waals surface area (Å²) < 4.78 is 5.31. The molecule has 2 atom stereocenters. The number of likely N-dealkylation sites (tertiary alicyclic amines) is 1. The van der Waals surface area contributed by atoms with Crippen LogP contribution >= 0.6 is 0 Å². The van der Waals surface area contributed by atoms with Crippen molar-refractivity contribution in [3.05, 3.63) is 35.9 Å². The van der Waals surface area contributed by atoms with Gasteiger partial charge in [-0.25, -0.2) is 0 Å². The highest BCUT2D eigenvalue weighted by molar-refractivity contribution is 5.86. The van der Waals surface area contributed by atoms with Crippen molar-refractivity contribution in [2.24, 2.45) is 11.5 Å². The van der Waals surface area contributed by atoms with Gasteiger partial charge in [-0.15, -0.1) is 0 Å². The Morgan fingerprint density at radius 3 is 2.52 bits per heavy atom. The number of benzene rings is 1. The zero-order valence-corrected chi connectivity index (χ0v) is 12.2. The van der Waals surface area contributed by atoms with Gasteiger partial charge in [-0.2, -0.15) is 0 Å². The molecule has 0 aromatic heterocycles. The van der Waals surface area contributed by atoms with Gasteiger partial charge < -0.3 is 21.1 Å². The topological polar surface area (TPSA) is 81.6 Å². The van der Waals surface area contributed by atoms with E-state index in [4.69, 9.17) is 16.2 Å². The van der Waals surface area contributed by atoms with Crippen LogP contribution in [0.15, 0.2) is 30.3 Å². The van der Waals surface area contributed by atoms with Crippen molar-refractivity contribution >= 4 is 5.91 Å². The van der Waals surface area contributed by atoms with E-state index in [1.165, 1.54) is 5.56 Å². The summed E-state index contributed by atoms with van der Waals surface area (Å²) in [4.78, 5) is 14.6. The van der Waals surface area contributed by atoms with Crippen molar-refractivity contribution in [2.75, 3.05) is 26.3 Å².